The molecule has 1 aromatic rings. The highest BCUT2D eigenvalue weighted by molar-refractivity contribution is 5.81. The van der Waals surface area contributed by atoms with Gasteiger partial charge in [0.25, 0.3) is 0 Å². The molecule has 0 radical (unpaired) electrons. The molecule has 0 aromatic heterocycles. The molecule has 0 heterocycles. The Morgan fingerprint density at radius 1 is 1.41 bits per heavy atom. The van der Waals surface area contributed by atoms with Crippen LogP contribution in [0.1, 0.15) is 31.9 Å². The second-order valence-corrected chi connectivity index (χ2v) is 3.92. The molecule has 0 fully saturated rings. The number of nitrogens with two attached hydrogens (primary N) is 1. The molecule has 94 valence electrons. The van der Waals surface area contributed by atoms with Crippen molar-refractivity contribution in [3.8, 4) is 0 Å². The van der Waals surface area contributed by atoms with Gasteiger partial charge in [0.15, 0.2) is 11.6 Å². The smallest absolute Gasteiger partial charge is 0.237 e. The molecule has 0 saturated heterocycles. The summed E-state index contributed by atoms with van der Waals surface area (Å²) in [4.78, 5) is 11.5. The molecule has 2 atom stereocenters. The van der Waals surface area contributed by atoms with Gasteiger partial charge in [-0.3, -0.25) is 4.79 Å². The van der Waals surface area contributed by atoms with E-state index in [1.807, 2.05) is 0 Å². The molecule has 0 saturated carbocycles. The van der Waals surface area contributed by atoms with Crippen molar-refractivity contribution in [2.24, 2.45) is 5.73 Å². The second-order valence-electron chi connectivity index (χ2n) is 3.92. The van der Waals surface area contributed by atoms with E-state index in [9.17, 15) is 13.6 Å². The third kappa shape index (κ3) is 3.49. The van der Waals surface area contributed by atoms with Crippen LogP contribution in [0.3, 0.4) is 0 Å². The van der Waals surface area contributed by atoms with Crippen molar-refractivity contribution in [1.29, 1.82) is 0 Å². The highest BCUT2D eigenvalue weighted by Crippen LogP contribution is 2.15. The average molecular weight is 242 g/mol. The standard InChI is InChI=1S/C12H16F2N2O/c1-3-11(15)12(17)16-7(2)8-4-5-9(13)10(14)6-8/h4-7,11H,3,15H2,1-2H3,(H,16,17)/t7?,11-/m0/s1. The maximum atomic E-state index is 13.0. The minimum absolute atomic E-state index is 0.301. The first-order chi connectivity index (χ1) is 7.95. The van der Waals surface area contributed by atoms with Crippen molar-refractivity contribution in [2.45, 2.75) is 32.4 Å². The predicted octanol–water partition coefficient (Wildman–Crippen LogP) is 1.88. The zero-order valence-electron chi connectivity index (χ0n) is 9.84. The van der Waals surface area contributed by atoms with Gasteiger partial charge in [-0.25, -0.2) is 8.78 Å². The van der Waals surface area contributed by atoms with E-state index in [1.165, 1.54) is 6.07 Å². The molecule has 0 spiro atoms. The fraction of sp³-hybridized carbons (Fsp3) is 0.417. The summed E-state index contributed by atoms with van der Waals surface area (Å²) < 4.78 is 25.7. The van der Waals surface area contributed by atoms with Gasteiger partial charge in [-0.1, -0.05) is 13.0 Å². The molecule has 0 aliphatic rings. The molecule has 0 aliphatic heterocycles. The third-order valence-corrected chi connectivity index (χ3v) is 2.58. The minimum Gasteiger partial charge on any atom is -0.348 e. The lowest BCUT2D eigenvalue weighted by Gasteiger charge is -2.17. The van der Waals surface area contributed by atoms with E-state index in [0.29, 0.717) is 12.0 Å². The summed E-state index contributed by atoms with van der Waals surface area (Å²) in [7, 11) is 0. The van der Waals surface area contributed by atoms with Crippen molar-refractivity contribution >= 4 is 5.91 Å². The van der Waals surface area contributed by atoms with Crippen LogP contribution in [0.4, 0.5) is 8.78 Å². The third-order valence-electron chi connectivity index (χ3n) is 2.58. The van der Waals surface area contributed by atoms with Crippen LogP contribution in [0.25, 0.3) is 0 Å². The SMILES string of the molecule is CC[C@H](N)C(=O)NC(C)c1ccc(F)c(F)c1. The number of benzene rings is 1. The summed E-state index contributed by atoms with van der Waals surface area (Å²) in [5.41, 5.74) is 6.05. The zero-order valence-corrected chi connectivity index (χ0v) is 9.84. The van der Waals surface area contributed by atoms with Crippen LogP contribution in [0, 0.1) is 11.6 Å². The first-order valence-electron chi connectivity index (χ1n) is 5.46. The van der Waals surface area contributed by atoms with Gasteiger partial charge in [0.1, 0.15) is 0 Å². The molecule has 1 amide bonds. The molecule has 1 unspecified atom stereocenters. The Bertz CT molecular complexity index is 409. The van der Waals surface area contributed by atoms with Crippen LogP contribution < -0.4 is 11.1 Å². The Balaban J connectivity index is 2.73. The largest absolute Gasteiger partial charge is 0.348 e. The fourth-order valence-electron chi connectivity index (χ4n) is 1.37. The topological polar surface area (TPSA) is 55.1 Å². The predicted molar refractivity (Wildman–Crippen MR) is 61.2 cm³/mol. The average Bonchev–Trinajstić information content (AvgIpc) is 2.31. The molecular formula is C12H16F2N2O. The maximum Gasteiger partial charge on any atom is 0.237 e. The number of hydrogen-bond donors (Lipinski definition) is 2. The van der Waals surface area contributed by atoms with Crippen molar-refractivity contribution in [3.63, 3.8) is 0 Å². The van der Waals surface area contributed by atoms with Gasteiger partial charge in [0, 0.05) is 0 Å². The number of amides is 1. The van der Waals surface area contributed by atoms with Gasteiger partial charge < -0.3 is 11.1 Å². The van der Waals surface area contributed by atoms with E-state index in [4.69, 9.17) is 5.73 Å². The Hall–Kier alpha value is -1.49. The molecular weight excluding hydrogens is 226 g/mol. The van der Waals surface area contributed by atoms with E-state index in [-0.39, 0.29) is 5.91 Å². The lowest BCUT2D eigenvalue weighted by atomic mass is 10.1. The molecule has 0 bridgehead atoms. The molecule has 17 heavy (non-hydrogen) atoms. The number of carbonyl (C=O) groups excluding carboxylic acids is 1. The van der Waals surface area contributed by atoms with Crippen molar-refractivity contribution < 1.29 is 13.6 Å². The lowest BCUT2D eigenvalue weighted by Crippen LogP contribution is -2.41. The number of nitrogens with one attached hydrogen (secondary N) is 1. The molecule has 1 rings (SSSR count). The summed E-state index contributed by atoms with van der Waals surface area (Å²) in [6, 6.07) is 2.55. The van der Waals surface area contributed by atoms with Crippen LogP contribution in [-0.4, -0.2) is 11.9 Å². The molecule has 3 N–H and O–H groups in total. The van der Waals surface area contributed by atoms with E-state index in [1.54, 1.807) is 13.8 Å². The van der Waals surface area contributed by atoms with E-state index < -0.39 is 23.7 Å². The Morgan fingerprint density at radius 3 is 2.59 bits per heavy atom. The number of rotatable bonds is 4. The van der Waals surface area contributed by atoms with Crippen LogP contribution in [0.2, 0.25) is 0 Å². The van der Waals surface area contributed by atoms with Gasteiger partial charge in [-0.15, -0.1) is 0 Å². The van der Waals surface area contributed by atoms with E-state index in [0.717, 1.165) is 12.1 Å². The van der Waals surface area contributed by atoms with Crippen LogP contribution in [0.15, 0.2) is 18.2 Å². The Kier molecular flexibility index (Phi) is 4.57. The first kappa shape index (κ1) is 13.6. The highest BCUT2D eigenvalue weighted by atomic mass is 19.2. The van der Waals surface area contributed by atoms with Crippen molar-refractivity contribution in [3.05, 3.63) is 35.4 Å². The van der Waals surface area contributed by atoms with Gasteiger partial charge in [-0.2, -0.15) is 0 Å². The summed E-state index contributed by atoms with van der Waals surface area (Å²) in [6.45, 7) is 3.49. The van der Waals surface area contributed by atoms with Crippen molar-refractivity contribution in [2.75, 3.05) is 0 Å². The quantitative estimate of drug-likeness (QED) is 0.847. The first-order valence-corrected chi connectivity index (χ1v) is 5.46. The number of hydrogen-bond acceptors (Lipinski definition) is 2. The fourth-order valence-corrected chi connectivity index (χ4v) is 1.37. The number of carbonyl (C=O) groups is 1. The summed E-state index contributed by atoms with van der Waals surface area (Å²) >= 11 is 0. The maximum absolute atomic E-state index is 13.0. The zero-order chi connectivity index (χ0) is 13.0. The summed E-state index contributed by atoms with van der Waals surface area (Å²) in [6.07, 6.45) is 0.524. The molecule has 5 heteroatoms. The van der Waals surface area contributed by atoms with Crippen LogP contribution in [0.5, 0.6) is 0 Å². The lowest BCUT2D eigenvalue weighted by molar-refractivity contribution is -0.123. The summed E-state index contributed by atoms with van der Waals surface area (Å²) in [5.74, 6) is -2.13. The monoisotopic (exact) mass is 242 g/mol. The minimum atomic E-state index is -0.927. The molecule has 0 aliphatic carbocycles. The molecule has 3 nitrogen and oxygen atoms in total. The van der Waals surface area contributed by atoms with Crippen LogP contribution >= 0.6 is 0 Å². The van der Waals surface area contributed by atoms with Gasteiger partial charge in [-0.05, 0) is 31.0 Å². The second kappa shape index (κ2) is 5.72. The Morgan fingerprint density at radius 2 is 2.06 bits per heavy atom. The van der Waals surface area contributed by atoms with Gasteiger partial charge >= 0.3 is 0 Å². The van der Waals surface area contributed by atoms with Gasteiger partial charge in [0.05, 0.1) is 12.1 Å². The molecule has 1 aromatic carbocycles. The Labute approximate surface area is 99.0 Å². The highest BCUT2D eigenvalue weighted by Gasteiger charge is 2.15. The number of halogens is 2. The normalized spacial score (nSPS) is 14.2. The van der Waals surface area contributed by atoms with E-state index in [2.05, 4.69) is 5.32 Å². The van der Waals surface area contributed by atoms with Crippen molar-refractivity contribution in [1.82, 2.24) is 5.32 Å². The summed E-state index contributed by atoms with van der Waals surface area (Å²) in [5, 5.41) is 2.64. The van der Waals surface area contributed by atoms with Crippen LogP contribution in [-0.2, 0) is 4.79 Å². The van der Waals surface area contributed by atoms with Gasteiger partial charge in [0.2, 0.25) is 5.91 Å². The van der Waals surface area contributed by atoms with E-state index >= 15 is 0 Å².